The summed E-state index contributed by atoms with van der Waals surface area (Å²) in [5, 5.41) is 6.20. The van der Waals surface area contributed by atoms with E-state index in [9.17, 15) is 9.18 Å². The second kappa shape index (κ2) is 5.79. The van der Waals surface area contributed by atoms with Crippen LogP contribution in [-0.2, 0) is 4.74 Å². The highest BCUT2D eigenvalue weighted by Crippen LogP contribution is 2.32. The Labute approximate surface area is 128 Å². The Morgan fingerprint density at radius 2 is 2.29 bits per heavy atom. The van der Waals surface area contributed by atoms with E-state index in [1.54, 1.807) is 19.1 Å². The van der Waals surface area contributed by atoms with Crippen LogP contribution < -0.4 is 5.32 Å². The number of aromatic nitrogens is 1. The summed E-state index contributed by atoms with van der Waals surface area (Å²) in [5.41, 5.74) is 1.20. The molecule has 0 radical (unpaired) electrons. The van der Waals surface area contributed by atoms with Crippen molar-refractivity contribution < 1.29 is 13.9 Å². The molecule has 0 saturated heterocycles. The lowest BCUT2D eigenvalue weighted by Crippen LogP contribution is -2.05. The van der Waals surface area contributed by atoms with Crippen LogP contribution in [-0.4, -0.2) is 17.6 Å². The van der Waals surface area contributed by atoms with Gasteiger partial charge in [0.25, 0.3) is 0 Å². The number of fused-ring (bicyclic) bond motifs is 1. The molecule has 0 saturated carbocycles. The number of halogens is 1. The first-order valence-corrected chi connectivity index (χ1v) is 7.94. The minimum atomic E-state index is -0.367. The first kappa shape index (κ1) is 14.0. The lowest BCUT2D eigenvalue weighted by atomic mass is 10.3. The third-order valence-corrected chi connectivity index (χ3v) is 4.49. The number of nitrogens with zero attached hydrogens (tertiary/aromatic N) is 1. The summed E-state index contributed by atoms with van der Waals surface area (Å²) in [6, 6.07) is 6.16. The zero-order chi connectivity index (χ0) is 14.8. The standard InChI is InChI=1S/C14H11FN2O2S2/c1-2-19-13(18)9-5-6-20-12(9)17-14-16-10-4-3-8(15)7-11(10)21-14/h3-7H,2H2,1H3,(H,16,17). The van der Waals surface area contributed by atoms with Crippen molar-refractivity contribution in [1.82, 2.24) is 4.98 Å². The van der Waals surface area contributed by atoms with Crippen LogP contribution in [0.5, 0.6) is 0 Å². The molecule has 2 aromatic heterocycles. The summed E-state index contributed by atoms with van der Waals surface area (Å²) < 4.78 is 18.9. The third-order valence-electron chi connectivity index (χ3n) is 2.73. The average Bonchev–Trinajstić information content (AvgIpc) is 3.05. The second-order valence-electron chi connectivity index (χ2n) is 4.14. The van der Waals surface area contributed by atoms with E-state index in [-0.39, 0.29) is 11.8 Å². The van der Waals surface area contributed by atoms with Crippen LogP contribution in [0.15, 0.2) is 29.6 Å². The van der Waals surface area contributed by atoms with E-state index in [1.165, 1.54) is 34.8 Å². The largest absolute Gasteiger partial charge is 0.462 e. The molecule has 3 aromatic rings. The van der Waals surface area contributed by atoms with Gasteiger partial charge in [0.1, 0.15) is 10.8 Å². The molecule has 1 N–H and O–H groups in total. The highest BCUT2D eigenvalue weighted by atomic mass is 32.1. The molecule has 7 heteroatoms. The van der Waals surface area contributed by atoms with Gasteiger partial charge in [-0.2, -0.15) is 0 Å². The molecule has 0 unspecified atom stereocenters. The van der Waals surface area contributed by atoms with Gasteiger partial charge in [0, 0.05) is 0 Å². The summed E-state index contributed by atoms with van der Waals surface area (Å²) in [4.78, 5) is 16.2. The van der Waals surface area contributed by atoms with Crippen LogP contribution >= 0.6 is 22.7 Å². The fourth-order valence-electron chi connectivity index (χ4n) is 1.82. The van der Waals surface area contributed by atoms with Gasteiger partial charge in [0.05, 0.1) is 22.4 Å². The van der Waals surface area contributed by atoms with Crippen molar-refractivity contribution in [3.05, 3.63) is 41.0 Å². The lowest BCUT2D eigenvalue weighted by Gasteiger charge is -2.03. The van der Waals surface area contributed by atoms with Crippen molar-refractivity contribution >= 4 is 49.0 Å². The van der Waals surface area contributed by atoms with Gasteiger partial charge in [-0.15, -0.1) is 11.3 Å². The molecule has 108 valence electrons. The number of esters is 1. The number of ether oxygens (including phenoxy) is 1. The monoisotopic (exact) mass is 322 g/mol. The van der Waals surface area contributed by atoms with Gasteiger partial charge >= 0.3 is 5.97 Å². The highest BCUT2D eigenvalue weighted by molar-refractivity contribution is 7.22. The van der Waals surface area contributed by atoms with Gasteiger partial charge in [0.15, 0.2) is 5.13 Å². The summed E-state index contributed by atoms with van der Waals surface area (Å²) in [6.45, 7) is 2.09. The zero-order valence-corrected chi connectivity index (χ0v) is 12.7. The van der Waals surface area contributed by atoms with E-state index in [0.29, 0.717) is 22.3 Å². The number of rotatable bonds is 4. The maximum Gasteiger partial charge on any atom is 0.341 e. The van der Waals surface area contributed by atoms with Crippen LogP contribution in [0.25, 0.3) is 10.2 Å². The van der Waals surface area contributed by atoms with Crippen molar-refractivity contribution in [1.29, 1.82) is 0 Å². The highest BCUT2D eigenvalue weighted by Gasteiger charge is 2.15. The molecule has 0 amide bonds. The number of carbonyl (C=O) groups excluding carboxylic acids is 1. The average molecular weight is 322 g/mol. The number of hydrogen-bond acceptors (Lipinski definition) is 6. The van der Waals surface area contributed by atoms with Gasteiger partial charge in [-0.05, 0) is 36.6 Å². The molecule has 0 fully saturated rings. The Hall–Kier alpha value is -1.99. The molecule has 0 aliphatic rings. The Kier molecular flexibility index (Phi) is 3.85. The van der Waals surface area contributed by atoms with E-state index in [4.69, 9.17) is 4.74 Å². The molecule has 1 aromatic carbocycles. The first-order valence-electron chi connectivity index (χ1n) is 6.25. The molecule has 0 spiro atoms. The fraction of sp³-hybridized carbons (Fsp3) is 0.143. The smallest absolute Gasteiger partial charge is 0.341 e. The molecular formula is C14H11FN2O2S2. The van der Waals surface area contributed by atoms with E-state index in [0.717, 1.165) is 10.2 Å². The van der Waals surface area contributed by atoms with Gasteiger partial charge in [-0.3, -0.25) is 0 Å². The van der Waals surface area contributed by atoms with Crippen molar-refractivity contribution in [2.45, 2.75) is 6.92 Å². The van der Waals surface area contributed by atoms with Crippen molar-refractivity contribution in [3.8, 4) is 0 Å². The Balaban J connectivity index is 1.88. The van der Waals surface area contributed by atoms with Crippen LogP contribution in [0.1, 0.15) is 17.3 Å². The quantitative estimate of drug-likeness (QED) is 0.723. The number of carbonyl (C=O) groups is 1. The predicted octanol–water partition coefficient (Wildman–Crippen LogP) is 4.42. The first-order chi connectivity index (χ1) is 10.2. The van der Waals surface area contributed by atoms with Gasteiger partial charge in [-0.1, -0.05) is 11.3 Å². The van der Waals surface area contributed by atoms with Crippen LogP contribution in [0.2, 0.25) is 0 Å². The van der Waals surface area contributed by atoms with E-state index in [2.05, 4.69) is 10.3 Å². The van der Waals surface area contributed by atoms with Crippen LogP contribution in [0, 0.1) is 5.82 Å². The van der Waals surface area contributed by atoms with Crippen molar-refractivity contribution in [3.63, 3.8) is 0 Å². The van der Waals surface area contributed by atoms with Gasteiger partial charge < -0.3 is 10.1 Å². The van der Waals surface area contributed by atoms with Gasteiger partial charge in [0.2, 0.25) is 0 Å². The minimum Gasteiger partial charge on any atom is -0.462 e. The normalized spacial score (nSPS) is 10.8. The van der Waals surface area contributed by atoms with Crippen LogP contribution in [0.4, 0.5) is 14.5 Å². The molecule has 0 aliphatic carbocycles. The summed E-state index contributed by atoms with van der Waals surface area (Å²) >= 11 is 2.73. The molecule has 21 heavy (non-hydrogen) atoms. The Morgan fingerprint density at radius 3 is 3.10 bits per heavy atom. The van der Waals surface area contributed by atoms with Gasteiger partial charge in [-0.25, -0.2) is 14.2 Å². The summed E-state index contributed by atoms with van der Waals surface area (Å²) in [7, 11) is 0. The van der Waals surface area contributed by atoms with E-state index < -0.39 is 0 Å². The number of thiazole rings is 1. The molecule has 2 heterocycles. The molecule has 0 atom stereocenters. The molecule has 0 bridgehead atoms. The molecule has 3 rings (SSSR count). The third kappa shape index (κ3) is 2.88. The molecule has 4 nitrogen and oxygen atoms in total. The number of nitrogens with one attached hydrogen (secondary N) is 1. The topological polar surface area (TPSA) is 51.2 Å². The SMILES string of the molecule is CCOC(=O)c1ccsc1Nc1nc2ccc(F)cc2s1. The van der Waals surface area contributed by atoms with E-state index in [1.807, 2.05) is 5.38 Å². The zero-order valence-electron chi connectivity index (χ0n) is 11.1. The Bertz CT molecular complexity index is 797. The fourth-order valence-corrected chi connectivity index (χ4v) is 3.56. The number of benzene rings is 1. The summed E-state index contributed by atoms with van der Waals surface area (Å²) in [6.07, 6.45) is 0. The van der Waals surface area contributed by atoms with Crippen LogP contribution in [0.3, 0.4) is 0 Å². The number of hydrogen-bond donors (Lipinski definition) is 1. The van der Waals surface area contributed by atoms with Crippen molar-refractivity contribution in [2.24, 2.45) is 0 Å². The lowest BCUT2D eigenvalue weighted by molar-refractivity contribution is 0.0528. The second-order valence-corrected chi connectivity index (χ2v) is 6.09. The number of anilines is 2. The maximum absolute atomic E-state index is 13.2. The number of thiophene rings is 1. The van der Waals surface area contributed by atoms with Crippen molar-refractivity contribution in [2.75, 3.05) is 11.9 Å². The van der Waals surface area contributed by atoms with E-state index >= 15 is 0 Å². The minimum absolute atomic E-state index is 0.291. The molecular weight excluding hydrogens is 311 g/mol. The maximum atomic E-state index is 13.2. The molecule has 0 aliphatic heterocycles. The Morgan fingerprint density at radius 1 is 1.43 bits per heavy atom. The predicted molar refractivity (Wildman–Crippen MR) is 83.1 cm³/mol. The summed E-state index contributed by atoms with van der Waals surface area (Å²) in [5.74, 6) is -0.658.